The van der Waals surface area contributed by atoms with Crippen LogP contribution in [0.3, 0.4) is 0 Å². The zero-order chi connectivity index (χ0) is 22.8. The molecule has 164 valence electrons. The molecule has 7 heteroatoms. The van der Waals surface area contributed by atoms with E-state index in [1.165, 1.54) is 24.4 Å². The van der Waals surface area contributed by atoms with Crippen molar-refractivity contribution >= 4 is 45.2 Å². The Balaban J connectivity index is 2.02. The number of esters is 1. The molecule has 0 aliphatic carbocycles. The SMILES string of the molecule is CCCc1cc(OC(C)=O)c(SC)c2c1c1ccccc1n2Cc1ccc([N+](=O)[O-])cc1. The van der Waals surface area contributed by atoms with Crippen LogP contribution in [0.5, 0.6) is 5.75 Å². The quantitative estimate of drug-likeness (QED) is 0.108. The molecule has 1 aromatic heterocycles. The first kappa shape index (κ1) is 21.9. The highest BCUT2D eigenvalue weighted by Crippen LogP contribution is 2.43. The van der Waals surface area contributed by atoms with Gasteiger partial charge >= 0.3 is 5.97 Å². The largest absolute Gasteiger partial charge is 0.425 e. The van der Waals surface area contributed by atoms with Gasteiger partial charge in [-0.25, -0.2) is 0 Å². The number of ether oxygens (including phenoxy) is 1. The molecule has 0 saturated carbocycles. The molecule has 0 radical (unpaired) electrons. The summed E-state index contributed by atoms with van der Waals surface area (Å²) in [4.78, 5) is 23.4. The Hall–Kier alpha value is -3.32. The van der Waals surface area contributed by atoms with E-state index in [0.29, 0.717) is 12.3 Å². The third-order valence-electron chi connectivity index (χ3n) is 5.50. The lowest BCUT2D eigenvalue weighted by Crippen LogP contribution is -2.06. The number of aromatic nitrogens is 1. The van der Waals surface area contributed by atoms with Gasteiger partial charge in [-0.3, -0.25) is 14.9 Å². The van der Waals surface area contributed by atoms with Gasteiger partial charge in [0.15, 0.2) is 0 Å². The van der Waals surface area contributed by atoms with Gasteiger partial charge in [0.2, 0.25) is 0 Å². The van der Waals surface area contributed by atoms with Gasteiger partial charge in [-0.15, -0.1) is 11.8 Å². The highest BCUT2D eigenvalue weighted by Gasteiger charge is 2.22. The van der Waals surface area contributed by atoms with Crippen molar-refractivity contribution in [3.8, 4) is 5.75 Å². The minimum absolute atomic E-state index is 0.0724. The molecule has 32 heavy (non-hydrogen) atoms. The molecule has 3 aromatic carbocycles. The maximum Gasteiger partial charge on any atom is 0.308 e. The molecule has 4 aromatic rings. The number of hydrogen-bond donors (Lipinski definition) is 0. The molecule has 0 N–H and O–H groups in total. The Morgan fingerprint density at radius 1 is 1.16 bits per heavy atom. The van der Waals surface area contributed by atoms with Gasteiger partial charge in [-0.2, -0.15) is 0 Å². The molecule has 0 aliphatic rings. The molecule has 0 bridgehead atoms. The van der Waals surface area contributed by atoms with Crippen molar-refractivity contribution in [2.75, 3.05) is 6.26 Å². The first-order valence-electron chi connectivity index (χ1n) is 10.5. The van der Waals surface area contributed by atoms with E-state index in [1.54, 1.807) is 23.9 Å². The van der Waals surface area contributed by atoms with Crippen LogP contribution in [-0.2, 0) is 17.8 Å². The van der Waals surface area contributed by atoms with E-state index in [4.69, 9.17) is 4.74 Å². The Morgan fingerprint density at radius 3 is 2.50 bits per heavy atom. The first-order chi connectivity index (χ1) is 15.4. The molecule has 6 nitrogen and oxygen atoms in total. The second-order valence-corrected chi connectivity index (χ2v) is 8.48. The van der Waals surface area contributed by atoms with Crippen LogP contribution >= 0.6 is 11.8 Å². The smallest absolute Gasteiger partial charge is 0.308 e. The fourth-order valence-electron chi connectivity index (χ4n) is 4.24. The number of hydrogen-bond acceptors (Lipinski definition) is 5. The van der Waals surface area contributed by atoms with E-state index in [-0.39, 0.29) is 11.7 Å². The molecular formula is C25H24N2O4S. The van der Waals surface area contributed by atoms with Crippen LogP contribution in [0.2, 0.25) is 0 Å². The summed E-state index contributed by atoms with van der Waals surface area (Å²) in [6.45, 7) is 4.10. The molecule has 0 spiro atoms. The Bertz CT molecular complexity index is 1330. The van der Waals surface area contributed by atoms with E-state index in [2.05, 4.69) is 23.6 Å². The van der Waals surface area contributed by atoms with Gasteiger partial charge in [-0.05, 0) is 35.9 Å². The molecule has 4 rings (SSSR count). The molecule has 1 heterocycles. The average molecular weight is 449 g/mol. The lowest BCUT2D eigenvalue weighted by Gasteiger charge is -2.15. The number of para-hydroxylation sites is 1. The number of fused-ring (bicyclic) bond motifs is 3. The Morgan fingerprint density at radius 2 is 1.88 bits per heavy atom. The summed E-state index contributed by atoms with van der Waals surface area (Å²) in [7, 11) is 0. The zero-order valence-corrected chi connectivity index (χ0v) is 19.1. The maximum atomic E-state index is 11.8. The summed E-state index contributed by atoms with van der Waals surface area (Å²) in [5.74, 6) is 0.230. The lowest BCUT2D eigenvalue weighted by molar-refractivity contribution is -0.384. The second kappa shape index (κ2) is 9.04. The van der Waals surface area contributed by atoms with E-state index in [0.717, 1.165) is 45.3 Å². The van der Waals surface area contributed by atoms with Crippen molar-refractivity contribution in [1.29, 1.82) is 0 Å². The van der Waals surface area contributed by atoms with Crippen molar-refractivity contribution in [2.24, 2.45) is 0 Å². The second-order valence-electron chi connectivity index (χ2n) is 7.66. The number of carbonyl (C=O) groups excluding carboxylic acids is 1. The Labute approximate surface area is 190 Å². The fraction of sp³-hybridized carbons (Fsp3) is 0.240. The number of benzene rings is 3. The number of aryl methyl sites for hydroxylation is 1. The van der Waals surface area contributed by atoms with E-state index < -0.39 is 4.92 Å². The van der Waals surface area contributed by atoms with Gasteiger partial charge in [0.05, 0.1) is 15.3 Å². The number of carbonyl (C=O) groups is 1. The highest BCUT2D eigenvalue weighted by atomic mass is 32.2. The van der Waals surface area contributed by atoms with Crippen LogP contribution in [0, 0.1) is 10.1 Å². The Kier molecular flexibility index (Phi) is 6.19. The summed E-state index contributed by atoms with van der Waals surface area (Å²) in [6, 6.07) is 16.9. The standard InChI is InChI=1S/C25H24N2O4S/c1-4-7-18-14-22(31-16(2)28)25(32-3)24-23(18)20-8-5-6-9-21(20)26(24)15-17-10-12-19(13-11-17)27(29)30/h5-6,8-14H,4,7,15H2,1-3H3. The highest BCUT2D eigenvalue weighted by molar-refractivity contribution is 7.99. The third-order valence-corrected chi connectivity index (χ3v) is 6.30. The number of rotatable bonds is 7. The van der Waals surface area contributed by atoms with Crippen LogP contribution in [0.1, 0.15) is 31.4 Å². The minimum atomic E-state index is -0.390. The van der Waals surface area contributed by atoms with Gasteiger partial charge in [0, 0.05) is 41.9 Å². The topological polar surface area (TPSA) is 74.4 Å². The monoisotopic (exact) mass is 448 g/mol. The lowest BCUT2D eigenvalue weighted by atomic mass is 10.0. The number of non-ortho nitro benzene ring substituents is 1. The van der Waals surface area contributed by atoms with Crippen molar-refractivity contribution in [2.45, 2.75) is 38.1 Å². The maximum absolute atomic E-state index is 11.8. The van der Waals surface area contributed by atoms with Crippen molar-refractivity contribution in [3.05, 3.63) is 75.8 Å². The normalized spacial score (nSPS) is 11.2. The van der Waals surface area contributed by atoms with Crippen molar-refractivity contribution in [1.82, 2.24) is 4.57 Å². The van der Waals surface area contributed by atoms with Crippen LogP contribution in [0.4, 0.5) is 5.69 Å². The van der Waals surface area contributed by atoms with Crippen LogP contribution in [-0.4, -0.2) is 21.7 Å². The number of nitro groups is 1. The van der Waals surface area contributed by atoms with Gasteiger partial charge < -0.3 is 9.30 Å². The summed E-state index contributed by atoms with van der Waals surface area (Å²) in [6.07, 6.45) is 3.81. The molecule has 0 unspecified atom stereocenters. The zero-order valence-electron chi connectivity index (χ0n) is 18.3. The molecular weight excluding hydrogens is 424 g/mol. The predicted octanol–water partition coefficient (Wildman–Crippen LogP) is 6.35. The fourth-order valence-corrected chi connectivity index (χ4v) is 4.95. The van der Waals surface area contributed by atoms with Crippen molar-refractivity contribution in [3.63, 3.8) is 0 Å². The van der Waals surface area contributed by atoms with Gasteiger partial charge in [0.1, 0.15) is 5.75 Å². The molecule has 0 amide bonds. The van der Waals surface area contributed by atoms with Crippen LogP contribution < -0.4 is 4.74 Å². The average Bonchev–Trinajstić information content (AvgIpc) is 3.09. The third kappa shape index (κ3) is 3.96. The number of nitrogens with zero attached hydrogens (tertiary/aromatic N) is 2. The molecule has 0 fully saturated rings. The molecule has 0 atom stereocenters. The number of thioether (sulfide) groups is 1. The van der Waals surface area contributed by atoms with Gasteiger partial charge in [0.25, 0.3) is 5.69 Å². The van der Waals surface area contributed by atoms with Crippen LogP contribution in [0.15, 0.2) is 59.5 Å². The molecule has 0 saturated heterocycles. The summed E-state index contributed by atoms with van der Waals surface area (Å²) in [5.41, 5.74) is 4.28. The van der Waals surface area contributed by atoms with E-state index >= 15 is 0 Å². The van der Waals surface area contributed by atoms with Crippen molar-refractivity contribution < 1.29 is 14.5 Å². The first-order valence-corrected chi connectivity index (χ1v) is 11.7. The predicted molar refractivity (Wildman–Crippen MR) is 129 cm³/mol. The van der Waals surface area contributed by atoms with Crippen LogP contribution in [0.25, 0.3) is 21.8 Å². The van der Waals surface area contributed by atoms with Gasteiger partial charge in [-0.1, -0.05) is 43.7 Å². The summed E-state index contributed by atoms with van der Waals surface area (Å²) in [5, 5.41) is 13.4. The van der Waals surface area contributed by atoms with E-state index in [9.17, 15) is 14.9 Å². The number of nitro benzene ring substituents is 1. The van der Waals surface area contributed by atoms with E-state index in [1.807, 2.05) is 24.5 Å². The summed E-state index contributed by atoms with van der Waals surface area (Å²) < 4.78 is 7.85. The summed E-state index contributed by atoms with van der Waals surface area (Å²) >= 11 is 1.55. The molecule has 0 aliphatic heterocycles. The minimum Gasteiger partial charge on any atom is -0.425 e.